The molecule has 1 heterocycles. The number of Topliss-reactive ketones (excluding diaryl/α,β-unsaturated/α-hetero) is 1. The summed E-state index contributed by atoms with van der Waals surface area (Å²) in [6, 6.07) is 1.84. The van der Waals surface area contributed by atoms with Crippen LogP contribution in [0, 0.1) is 6.92 Å². The van der Waals surface area contributed by atoms with Gasteiger partial charge in [-0.3, -0.25) is 4.79 Å². The van der Waals surface area contributed by atoms with Gasteiger partial charge in [0, 0.05) is 10.4 Å². The van der Waals surface area contributed by atoms with Crippen molar-refractivity contribution in [3.8, 4) is 0 Å². The molecule has 0 saturated carbocycles. The largest absolute Gasteiger partial charge is 0.378 e. The van der Waals surface area contributed by atoms with E-state index in [0.29, 0.717) is 5.56 Å². The molecule has 0 saturated heterocycles. The summed E-state index contributed by atoms with van der Waals surface area (Å²) in [7, 11) is 0. The fraction of sp³-hybridized carbons (Fsp3) is 0.444. The highest BCUT2D eigenvalue weighted by molar-refractivity contribution is 7.10. The predicted octanol–water partition coefficient (Wildman–Crippen LogP) is 1.85. The van der Waals surface area contributed by atoms with Gasteiger partial charge in [-0.1, -0.05) is 0 Å². The van der Waals surface area contributed by atoms with Crippen molar-refractivity contribution in [1.82, 2.24) is 0 Å². The first-order chi connectivity index (χ1) is 5.44. The van der Waals surface area contributed by atoms with Gasteiger partial charge in [0.1, 0.15) is 5.60 Å². The first kappa shape index (κ1) is 9.42. The molecule has 0 amide bonds. The predicted molar refractivity (Wildman–Crippen MR) is 49.3 cm³/mol. The average Bonchev–Trinajstić information content (AvgIpc) is 2.35. The van der Waals surface area contributed by atoms with E-state index in [2.05, 4.69) is 0 Å². The van der Waals surface area contributed by atoms with Crippen molar-refractivity contribution in [3.05, 3.63) is 21.9 Å². The molecule has 12 heavy (non-hydrogen) atoms. The van der Waals surface area contributed by atoms with E-state index in [1.165, 1.54) is 25.2 Å². The number of rotatable bonds is 2. The molecule has 1 unspecified atom stereocenters. The van der Waals surface area contributed by atoms with Gasteiger partial charge in [0.2, 0.25) is 0 Å². The molecule has 0 bridgehead atoms. The van der Waals surface area contributed by atoms with Crippen molar-refractivity contribution in [1.29, 1.82) is 0 Å². The van der Waals surface area contributed by atoms with Gasteiger partial charge in [-0.05, 0) is 32.2 Å². The lowest BCUT2D eigenvalue weighted by molar-refractivity contribution is -0.134. The Hall–Kier alpha value is -0.670. The minimum absolute atomic E-state index is 0.222. The topological polar surface area (TPSA) is 37.3 Å². The van der Waals surface area contributed by atoms with Crippen LogP contribution in [-0.4, -0.2) is 10.9 Å². The van der Waals surface area contributed by atoms with Crippen molar-refractivity contribution in [2.45, 2.75) is 26.4 Å². The highest BCUT2D eigenvalue weighted by Gasteiger charge is 2.29. The molecular weight excluding hydrogens is 172 g/mol. The number of ketones is 1. The van der Waals surface area contributed by atoms with Crippen molar-refractivity contribution in [2.24, 2.45) is 0 Å². The third-order valence-corrected chi connectivity index (χ3v) is 2.84. The fourth-order valence-electron chi connectivity index (χ4n) is 0.902. The lowest BCUT2D eigenvalue weighted by Gasteiger charge is -2.17. The zero-order valence-corrected chi connectivity index (χ0v) is 8.23. The third-order valence-electron chi connectivity index (χ3n) is 1.98. The molecule has 0 aromatic carbocycles. The maximum atomic E-state index is 11.0. The van der Waals surface area contributed by atoms with Crippen LogP contribution in [0.25, 0.3) is 0 Å². The molecule has 1 aromatic heterocycles. The van der Waals surface area contributed by atoms with Gasteiger partial charge in [-0.15, -0.1) is 11.3 Å². The molecule has 1 aromatic rings. The molecule has 0 aliphatic rings. The number of hydrogen-bond donors (Lipinski definition) is 1. The number of hydrogen-bond acceptors (Lipinski definition) is 3. The molecule has 2 nitrogen and oxygen atoms in total. The van der Waals surface area contributed by atoms with Gasteiger partial charge in [-0.2, -0.15) is 0 Å². The van der Waals surface area contributed by atoms with Gasteiger partial charge in [0.05, 0.1) is 0 Å². The van der Waals surface area contributed by atoms with Crippen molar-refractivity contribution >= 4 is 17.1 Å². The summed E-state index contributed by atoms with van der Waals surface area (Å²) in [6.45, 7) is 4.87. The number of thiophene rings is 1. The summed E-state index contributed by atoms with van der Waals surface area (Å²) >= 11 is 1.54. The summed E-state index contributed by atoms with van der Waals surface area (Å²) in [6.07, 6.45) is 0. The number of aryl methyl sites for hydroxylation is 1. The summed E-state index contributed by atoms with van der Waals surface area (Å²) in [5.74, 6) is -0.222. The normalized spacial score (nSPS) is 15.7. The Labute approximate surface area is 75.9 Å². The van der Waals surface area contributed by atoms with E-state index in [4.69, 9.17) is 0 Å². The molecule has 0 spiro atoms. The van der Waals surface area contributed by atoms with Crippen LogP contribution in [0.1, 0.15) is 24.3 Å². The molecule has 66 valence electrons. The second-order valence-electron chi connectivity index (χ2n) is 3.07. The van der Waals surface area contributed by atoms with Crippen LogP contribution in [0.15, 0.2) is 11.4 Å². The van der Waals surface area contributed by atoms with Crippen LogP contribution < -0.4 is 0 Å². The van der Waals surface area contributed by atoms with Crippen LogP contribution in [0.4, 0.5) is 0 Å². The van der Waals surface area contributed by atoms with E-state index in [1.54, 1.807) is 0 Å². The smallest absolute Gasteiger partial charge is 0.165 e. The van der Waals surface area contributed by atoms with Crippen LogP contribution in [-0.2, 0) is 10.4 Å². The molecule has 1 rings (SSSR count). The van der Waals surface area contributed by atoms with Crippen molar-refractivity contribution in [2.75, 3.05) is 0 Å². The Morgan fingerprint density at radius 1 is 1.67 bits per heavy atom. The van der Waals surface area contributed by atoms with Gasteiger partial charge in [0.15, 0.2) is 5.78 Å². The van der Waals surface area contributed by atoms with Crippen molar-refractivity contribution in [3.63, 3.8) is 0 Å². The van der Waals surface area contributed by atoms with Crippen LogP contribution in [0.2, 0.25) is 0 Å². The molecule has 0 fully saturated rings. The van der Waals surface area contributed by atoms with Gasteiger partial charge >= 0.3 is 0 Å². The molecule has 3 heteroatoms. The monoisotopic (exact) mass is 184 g/mol. The lowest BCUT2D eigenvalue weighted by Crippen LogP contribution is -2.29. The van der Waals surface area contributed by atoms with E-state index in [-0.39, 0.29) is 5.78 Å². The van der Waals surface area contributed by atoms with E-state index in [9.17, 15) is 9.90 Å². The first-order valence-corrected chi connectivity index (χ1v) is 4.61. The van der Waals surface area contributed by atoms with E-state index >= 15 is 0 Å². The fourth-order valence-corrected chi connectivity index (χ4v) is 1.71. The van der Waals surface area contributed by atoms with E-state index < -0.39 is 5.60 Å². The van der Waals surface area contributed by atoms with E-state index in [0.717, 1.165) is 4.88 Å². The molecule has 0 aliphatic carbocycles. The minimum atomic E-state index is -1.31. The van der Waals surface area contributed by atoms with Crippen LogP contribution in [0.5, 0.6) is 0 Å². The average molecular weight is 184 g/mol. The molecule has 0 radical (unpaired) electrons. The number of aliphatic hydroxyl groups is 1. The number of carbonyl (C=O) groups is 1. The third kappa shape index (κ3) is 1.57. The van der Waals surface area contributed by atoms with Gasteiger partial charge < -0.3 is 5.11 Å². The molecule has 1 N–H and O–H groups in total. The Morgan fingerprint density at radius 2 is 2.25 bits per heavy atom. The highest BCUT2D eigenvalue weighted by Crippen LogP contribution is 2.26. The number of carbonyl (C=O) groups excluding carboxylic acids is 1. The summed E-state index contributed by atoms with van der Waals surface area (Å²) in [5.41, 5.74) is -0.623. The standard InChI is InChI=1S/C9H12O2S/c1-6-4-8(5-12-6)9(3,11)7(2)10/h4-5,11H,1-3H3. The molecule has 0 aliphatic heterocycles. The Kier molecular flexibility index (Phi) is 2.35. The van der Waals surface area contributed by atoms with Crippen LogP contribution in [0.3, 0.4) is 0 Å². The zero-order valence-electron chi connectivity index (χ0n) is 7.42. The Bertz CT molecular complexity index is 299. The molecule has 1 atom stereocenters. The second-order valence-corrected chi connectivity index (χ2v) is 4.19. The van der Waals surface area contributed by atoms with Gasteiger partial charge in [0.25, 0.3) is 0 Å². The van der Waals surface area contributed by atoms with Crippen LogP contribution >= 0.6 is 11.3 Å². The second kappa shape index (κ2) is 2.99. The zero-order chi connectivity index (χ0) is 9.35. The molecular formula is C9H12O2S. The Morgan fingerprint density at radius 3 is 2.58 bits per heavy atom. The SMILES string of the molecule is CC(=O)C(C)(O)c1csc(C)c1. The summed E-state index contributed by atoms with van der Waals surface area (Å²) < 4.78 is 0. The highest BCUT2D eigenvalue weighted by atomic mass is 32.1. The minimum Gasteiger partial charge on any atom is -0.378 e. The first-order valence-electron chi connectivity index (χ1n) is 3.73. The quantitative estimate of drug-likeness (QED) is 0.761. The lowest BCUT2D eigenvalue weighted by atomic mass is 9.95. The summed E-state index contributed by atoms with van der Waals surface area (Å²) in [4.78, 5) is 12.1. The maximum Gasteiger partial charge on any atom is 0.165 e. The van der Waals surface area contributed by atoms with Crippen molar-refractivity contribution < 1.29 is 9.90 Å². The maximum absolute atomic E-state index is 11.0. The van der Waals surface area contributed by atoms with Gasteiger partial charge in [-0.25, -0.2) is 0 Å². The van der Waals surface area contributed by atoms with E-state index in [1.807, 2.05) is 18.4 Å². The Balaban J connectivity index is 3.05. The summed E-state index contributed by atoms with van der Waals surface area (Å²) in [5, 5.41) is 11.5.